The summed E-state index contributed by atoms with van der Waals surface area (Å²) in [7, 11) is -3.16. The molecule has 0 aliphatic carbocycles. The van der Waals surface area contributed by atoms with E-state index in [1.165, 1.54) is 10.6 Å². The molecule has 0 atom stereocenters. The van der Waals surface area contributed by atoms with E-state index in [1.807, 2.05) is 43.3 Å². The molecule has 0 radical (unpaired) electrons. The van der Waals surface area contributed by atoms with Crippen molar-refractivity contribution >= 4 is 27.3 Å². The summed E-state index contributed by atoms with van der Waals surface area (Å²) in [5, 5.41) is 2.97. The lowest BCUT2D eigenvalue weighted by Crippen LogP contribution is -2.48. The van der Waals surface area contributed by atoms with Gasteiger partial charge in [-0.2, -0.15) is 4.31 Å². The largest absolute Gasteiger partial charge is 0.367 e. The molecular formula is C19H23N3O3S. The highest BCUT2D eigenvalue weighted by Gasteiger charge is 2.24. The molecule has 138 valence electrons. The minimum absolute atomic E-state index is 0.160. The van der Waals surface area contributed by atoms with Crippen molar-refractivity contribution in [1.29, 1.82) is 0 Å². The fourth-order valence-electron chi connectivity index (χ4n) is 3.02. The summed E-state index contributed by atoms with van der Waals surface area (Å²) in [5.41, 5.74) is 3.34. The molecule has 0 saturated carbocycles. The van der Waals surface area contributed by atoms with Gasteiger partial charge in [-0.1, -0.05) is 29.8 Å². The Morgan fingerprint density at radius 1 is 0.962 bits per heavy atom. The molecule has 26 heavy (non-hydrogen) atoms. The van der Waals surface area contributed by atoms with Gasteiger partial charge < -0.3 is 10.2 Å². The minimum atomic E-state index is -3.16. The number of rotatable bonds is 4. The summed E-state index contributed by atoms with van der Waals surface area (Å²) in [6.45, 7) is 4.04. The Morgan fingerprint density at radius 3 is 2.19 bits per heavy atom. The first-order chi connectivity index (χ1) is 12.3. The van der Waals surface area contributed by atoms with Gasteiger partial charge in [-0.3, -0.25) is 4.79 Å². The Balaban J connectivity index is 1.75. The molecule has 2 aromatic rings. The van der Waals surface area contributed by atoms with Gasteiger partial charge in [0.15, 0.2) is 0 Å². The van der Waals surface area contributed by atoms with E-state index in [9.17, 15) is 13.2 Å². The number of hydrogen-bond acceptors (Lipinski definition) is 4. The van der Waals surface area contributed by atoms with Gasteiger partial charge >= 0.3 is 0 Å². The number of carbonyl (C=O) groups is 1. The average molecular weight is 373 g/mol. The lowest BCUT2D eigenvalue weighted by Gasteiger charge is -2.35. The summed E-state index contributed by atoms with van der Waals surface area (Å²) >= 11 is 0. The number of aryl methyl sites for hydroxylation is 1. The normalized spacial score (nSPS) is 15.7. The third kappa shape index (κ3) is 4.23. The number of piperazine rings is 1. The smallest absolute Gasteiger partial charge is 0.255 e. The second kappa shape index (κ2) is 7.47. The third-order valence-corrected chi connectivity index (χ3v) is 5.82. The molecule has 1 N–H and O–H groups in total. The zero-order chi connectivity index (χ0) is 18.7. The molecule has 1 aliphatic rings. The Kier molecular flexibility index (Phi) is 5.29. The Bertz CT molecular complexity index is 887. The van der Waals surface area contributed by atoms with Crippen molar-refractivity contribution in [3.05, 3.63) is 59.7 Å². The maximum atomic E-state index is 12.5. The first kappa shape index (κ1) is 18.4. The highest BCUT2D eigenvalue weighted by Crippen LogP contribution is 2.27. The number of anilines is 2. The molecule has 1 saturated heterocycles. The van der Waals surface area contributed by atoms with Crippen LogP contribution in [0.4, 0.5) is 11.4 Å². The van der Waals surface area contributed by atoms with E-state index in [-0.39, 0.29) is 5.91 Å². The van der Waals surface area contributed by atoms with Crippen LogP contribution in [0.1, 0.15) is 15.9 Å². The van der Waals surface area contributed by atoms with E-state index in [0.29, 0.717) is 31.7 Å². The monoisotopic (exact) mass is 373 g/mol. The van der Waals surface area contributed by atoms with Crippen molar-refractivity contribution in [2.45, 2.75) is 6.92 Å². The van der Waals surface area contributed by atoms with Crippen LogP contribution in [0.15, 0.2) is 48.5 Å². The molecule has 3 rings (SSSR count). The number of hydrogen-bond donors (Lipinski definition) is 1. The van der Waals surface area contributed by atoms with Crippen LogP contribution in [0.25, 0.3) is 0 Å². The molecule has 0 aromatic heterocycles. The van der Waals surface area contributed by atoms with E-state index >= 15 is 0 Å². The molecule has 1 fully saturated rings. The van der Waals surface area contributed by atoms with Crippen LogP contribution in [0, 0.1) is 6.92 Å². The van der Waals surface area contributed by atoms with Crippen LogP contribution >= 0.6 is 0 Å². The fourth-order valence-corrected chi connectivity index (χ4v) is 3.84. The zero-order valence-electron chi connectivity index (χ0n) is 15.0. The van der Waals surface area contributed by atoms with Crippen molar-refractivity contribution < 1.29 is 13.2 Å². The maximum absolute atomic E-state index is 12.5. The van der Waals surface area contributed by atoms with Gasteiger partial charge in [-0.05, 0) is 31.2 Å². The van der Waals surface area contributed by atoms with Gasteiger partial charge in [0.1, 0.15) is 0 Å². The number of amides is 1. The van der Waals surface area contributed by atoms with Gasteiger partial charge in [0.05, 0.1) is 17.6 Å². The van der Waals surface area contributed by atoms with Crippen LogP contribution in [-0.4, -0.2) is 51.1 Å². The highest BCUT2D eigenvalue weighted by molar-refractivity contribution is 7.88. The molecule has 1 heterocycles. The second-order valence-electron chi connectivity index (χ2n) is 6.49. The first-order valence-electron chi connectivity index (χ1n) is 8.52. The van der Waals surface area contributed by atoms with Gasteiger partial charge in [0.2, 0.25) is 10.0 Å². The van der Waals surface area contributed by atoms with Crippen LogP contribution < -0.4 is 10.2 Å². The van der Waals surface area contributed by atoms with Crippen molar-refractivity contribution in [2.24, 2.45) is 0 Å². The summed E-state index contributed by atoms with van der Waals surface area (Å²) in [4.78, 5) is 14.6. The maximum Gasteiger partial charge on any atom is 0.255 e. The third-order valence-electron chi connectivity index (χ3n) is 4.51. The second-order valence-corrected chi connectivity index (χ2v) is 8.47. The number of para-hydroxylation sites is 2. The summed E-state index contributed by atoms with van der Waals surface area (Å²) in [6, 6.07) is 15.0. The lowest BCUT2D eigenvalue weighted by molar-refractivity contribution is 0.102. The predicted octanol–water partition coefficient (Wildman–Crippen LogP) is 2.33. The molecule has 1 aliphatic heterocycles. The number of benzene rings is 2. The lowest BCUT2D eigenvalue weighted by atomic mass is 10.1. The number of nitrogens with zero attached hydrogens (tertiary/aromatic N) is 2. The van der Waals surface area contributed by atoms with Gasteiger partial charge in [-0.25, -0.2) is 8.42 Å². The predicted molar refractivity (Wildman–Crippen MR) is 104 cm³/mol. The van der Waals surface area contributed by atoms with E-state index in [2.05, 4.69) is 10.2 Å². The molecule has 0 bridgehead atoms. The van der Waals surface area contributed by atoms with Crippen LogP contribution in [0.3, 0.4) is 0 Å². The quantitative estimate of drug-likeness (QED) is 0.893. The number of carbonyl (C=O) groups excluding carboxylic acids is 1. The number of sulfonamides is 1. The van der Waals surface area contributed by atoms with Crippen LogP contribution in [0.2, 0.25) is 0 Å². The Morgan fingerprint density at radius 2 is 1.58 bits per heavy atom. The average Bonchev–Trinajstić information content (AvgIpc) is 2.62. The van der Waals surface area contributed by atoms with E-state index in [4.69, 9.17) is 0 Å². The number of nitrogens with one attached hydrogen (secondary N) is 1. The molecule has 0 spiro atoms. The molecular weight excluding hydrogens is 350 g/mol. The Hall–Kier alpha value is -2.38. The fraction of sp³-hybridized carbons (Fsp3) is 0.316. The van der Waals surface area contributed by atoms with E-state index in [1.54, 1.807) is 12.1 Å². The standard InChI is InChI=1S/C19H23N3O3S/c1-15-7-9-16(10-8-15)19(23)20-17-5-3-4-6-18(17)21-11-13-22(14-12-21)26(2,24)25/h3-10H,11-14H2,1-2H3,(H,20,23). The van der Waals surface area contributed by atoms with Crippen molar-refractivity contribution in [1.82, 2.24) is 4.31 Å². The summed E-state index contributed by atoms with van der Waals surface area (Å²) in [6.07, 6.45) is 1.23. The van der Waals surface area contributed by atoms with E-state index < -0.39 is 10.0 Å². The van der Waals surface area contributed by atoms with Crippen LogP contribution in [0.5, 0.6) is 0 Å². The topological polar surface area (TPSA) is 69.7 Å². The minimum Gasteiger partial charge on any atom is -0.367 e. The summed E-state index contributed by atoms with van der Waals surface area (Å²) in [5.74, 6) is -0.160. The molecule has 0 unspecified atom stereocenters. The summed E-state index contributed by atoms with van der Waals surface area (Å²) < 4.78 is 24.8. The molecule has 7 heteroatoms. The van der Waals surface area contributed by atoms with Crippen molar-refractivity contribution in [3.63, 3.8) is 0 Å². The molecule has 1 amide bonds. The highest BCUT2D eigenvalue weighted by atomic mass is 32.2. The van der Waals surface area contributed by atoms with Gasteiger partial charge in [0, 0.05) is 31.7 Å². The zero-order valence-corrected chi connectivity index (χ0v) is 15.8. The van der Waals surface area contributed by atoms with E-state index in [0.717, 1.165) is 16.9 Å². The van der Waals surface area contributed by atoms with Gasteiger partial charge in [-0.15, -0.1) is 0 Å². The van der Waals surface area contributed by atoms with Crippen molar-refractivity contribution in [3.8, 4) is 0 Å². The van der Waals surface area contributed by atoms with Gasteiger partial charge in [0.25, 0.3) is 5.91 Å². The van der Waals surface area contributed by atoms with Crippen LogP contribution in [-0.2, 0) is 10.0 Å². The first-order valence-corrected chi connectivity index (χ1v) is 10.4. The Labute approximate surface area is 154 Å². The SMILES string of the molecule is Cc1ccc(C(=O)Nc2ccccc2N2CCN(S(C)(=O)=O)CC2)cc1. The molecule has 2 aromatic carbocycles. The molecule has 6 nitrogen and oxygen atoms in total. The van der Waals surface area contributed by atoms with Crippen molar-refractivity contribution in [2.75, 3.05) is 42.7 Å².